The van der Waals surface area contributed by atoms with Gasteiger partial charge in [0.15, 0.2) is 0 Å². The molecule has 2 aromatic rings. The number of hydrogen-bond donors (Lipinski definition) is 2. The van der Waals surface area contributed by atoms with Gasteiger partial charge in [0.2, 0.25) is 0 Å². The van der Waals surface area contributed by atoms with E-state index < -0.39 is 0 Å². The van der Waals surface area contributed by atoms with Crippen molar-refractivity contribution in [2.75, 3.05) is 13.1 Å². The highest BCUT2D eigenvalue weighted by Gasteiger charge is 2.26. The molecular formula is C22H29N3OS. The molecule has 2 amide bonds. The predicted octanol–water partition coefficient (Wildman–Crippen LogP) is 4.48. The van der Waals surface area contributed by atoms with E-state index in [0.29, 0.717) is 12.6 Å². The topological polar surface area (TPSA) is 44.4 Å². The number of rotatable bonds is 5. The summed E-state index contributed by atoms with van der Waals surface area (Å²) in [6, 6.07) is 13.6. The summed E-state index contributed by atoms with van der Waals surface area (Å²) >= 11 is 1.78. The number of nitrogens with one attached hydrogen (secondary N) is 2. The quantitative estimate of drug-likeness (QED) is 0.799. The normalized spacial score (nSPS) is 19.3. The zero-order valence-electron chi connectivity index (χ0n) is 15.8. The molecule has 1 atom stereocenters. The van der Waals surface area contributed by atoms with Crippen LogP contribution in [0.3, 0.4) is 0 Å². The lowest BCUT2D eigenvalue weighted by atomic mass is 9.96. The molecule has 0 bridgehead atoms. The van der Waals surface area contributed by atoms with E-state index in [1.165, 1.54) is 35.3 Å². The Kier molecular flexibility index (Phi) is 6.10. The molecule has 1 unspecified atom stereocenters. The maximum atomic E-state index is 12.4. The second kappa shape index (κ2) is 8.89. The van der Waals surface area contributed by atoms with Crippen molar-refractivity contribution in [2.45, 2.75) is 57.2 Å². The zero-order chi connectivity index (χ0) is 18.5. The Balaban J connectivity index is 1.39. The molecule has 2 N–H and O–H groups in total. The molecule has 1 fully saturated rings. The molecule has 5 heteroatoms. The average molecular weight is 384 g/mol. The zero-order valence-corrected chi connectivity index (χ0v) is 16.6. The molecule has 4 rings (SSSR count). The number of nitrogens with zero attached hydrogens (tertiary/aromatic N) is 1. The lowest BCUT2D eigenvalue weighted by Gasteiger charge is -2.35. The van der Waals surface area contributed by atoms with Crippen LogP contribution in [0.25, 0.3) is 0 Å². The van der Waals surface area contributed by atoms with Crippen LogP contribution in [-0.4, -0.2) is 30.1 Å². The third-order valence-electron chi connectivity index (χ3n) is 5.87. The van der Waals surface area contributed by atoms with Crippen LogP contribution in [0.5, 0.6) is 0 Å². The minimum atomic E-state index is -0.0131. The molecule has 0 spiro atoms. The van der Waals surface area contributed by atoms with Gasteiger partial charge >= 0.3 is 6.03 Å². The van der Waals surface area contributed by atoms with E-state index in [9.17, 15) is 4.79 Å². The summed E-state index contributed by atoms with van der Waals surface area (Å²) in [5.74, 6) is 0. The summed E-state index contributed by atoms with van der Waals surface area (Å²) in [5.41, 5.74) is 2.87. The van der Waals surface area contributed by atoms with Crippen molar-refractivity contribution in [1.82, 2.24) is 15.5 Å². The molecule has 2 heterocycles. The lowest BCUT2D eigenvalue weighted by molar-refractivity contribution is 0.175. The maximum Gasteiger partial charge on any atom is 0.315 e. The molecule has 0 radical (unpaired) electrons. The Hall–Kier alpha value is -1.85. The first kappa shape index (κ1) is 18.5. The van der Waals surface area contributed by atoms with Crippen LogP contribution in [0.1, 0.15) is 54.1 Å². The van der Waals surface area contributed by atoms with Crippen LogP contribution < -0.4 is 10.6 Å². The standard InChI is InChI=1S/C22H29N3OS/c26-22(24-19-9-2-1-3-10-19)23-15-20(21-11-6-14-27-21)25-13-12-17-7-4-5-8-18(17)16-25/h4-8,11,14,19-20H,1-3,9-10,12-13,15-16H2,(H2,23,24,26). The van der Waals surface area contributed by atoms with E-state index in [1.807, 2.05) is 0 Å². The molecule has 0 saturated heterocycles. The monoisotopic (exact) mass is 383 g/mol. The van der Waals surface area contributed by atoms with Gasteiger partial charge in [-0.3, -0.25) is 4.90 Å². The van der Waals surface area contributed by atoms with Gasteiger partial charge in [-0.15, -0.1) is 11.3 Å². The summed E-state index contributed by atoms with van der Waals surface area (Å²) in [6.45, 7) is 2.64. The van der Waals surface area contributed by atoms with Gasteiger partial charge in [-0.05, 0) is 41.8 Å². The molecule has 27 heavy (non-hydrogen) atoms. The Bertz CT molecular complexity index is 740. The van der Waals surface area contributed by atoms with E-state index in [1.54, 1.807) is 11.3 Å². The van der Waals surface area contributed by atoms with Crippen LogP contribution in [-0.2, 0) is 13.0 Å². The molecule has 1 saturated carbocycles. The summed E-state index contributed by atoms with van der Waals surface area (Å²) in [4.78, 5) is 16.3. The van der Waals surface area contributed by atoms with Gasteiger partial charge < -0.3 is 10.6 Å². The van der Waals surface area contributed by atoms with Crippen molar-refractivity contribution in [3.8, 4) is 0 Å². The fourth-order valence-electron chi connectivity index (χ4n) is 4.35. The average Bonchev–Trinajstić information content (AvgIpc) is 3.23. The first-order chi connectivity index (χ1) is 13.3. The molecule has 1 aliphatic heterocycles. The Labute approximate surface area is 166 Å². The smallest absolute Gasteiger partial charge is 0.315 e. The maximum absolute atomic E-state index is 12.4. The van der Waals surface area contributed by atoms with Crippen molar-refractivity contribution in [1.29, 1.82) is 0 Å². The van der Waals surface area contributed by atoms with Crippen molar-refractivity contribution in [3.63, 3.8) is 0 Å². The Morgan fingerprint density at radius 2 is 1.93 bits per heavy atom. The highest BCUT2D eigenvalue weighted by atomic mass is 32.1. The van der Waals surface area contributed by atoms with Gasteiger partial charge in [0.25, 0.3) is 0 Å². The van der Waals surface area contributed by atoms with Crippen LogP contribution >= 0.6 is 11.3 Å². The molecule has 1 aromatic carbocycles. The number of benzene rings is 1. The molecule has 4 nitrogen and oxygen atoms in total. The van der Waals surface area contributed by atoms with E-state index >= 15 is 0 Å². The third-order valence-corrected chi connectivity index (χ3v) is 6.84. The van der Waals surface area contributed by atoms with Crippen LogP contribution in [0, 0.1) is 0 Å². The highest BCUT2D eigenvalue weighted by Crippen LogP contribution is 2.30. The third kappa shape index (κ3) is 4.71. The van der Waals surface area contributed by atoms with E-state index in [-0.39, 0.29) is 12.1 Å². The Morgan fingerprint density at radius 3 is 2.70 bits per heavy atom. The minimum Gasteiger partial charge on any atom is -0.336 e. The van der Waals surface area contributed by atoms with Crippen molar-refractivity contribution in [3.05, 3.63) is 57.8 Å². The molecule has 1 aromatic heterocycles. The SMILES string of the molecule is O=C(NCC(c1cccs1)N1CCc2ccccc2C1)NC1CCCCC1. The number of carbonyl (C=O) groups is 1. The van der Waals surface area contributed by atoms with Crippen LogP contribution in [0.2, 0.25) is 0 Å². The number of carbonyl (C=O) groups excluding carboxylic acids is 1. The van der Waals surface area contributed by atoms with E-state index in [2.05, 4.69) is 57.3 Å². The van der Waals surface area contributed by atoms with Gasteiger partial charge in [-0.2, -0.15) is 0 Å². The number of hydrogen-bond acceptors (Lipinski definition) is 3. The fourth-order valence-corrected chi connectivity index (χ4v) is 5.21. The lowest BCUT2D eigenvalue weighted by Crippen LogP contribution is -2.46. The van der Waals surface area contributed by atoms with Crippen molar-refractivity contribution < 1.29 is 4.79 Å². The second-order valence-corrected chi connectivity index (χ2v) is 8.69. The van der Waals surface area contributed by atoms with Gasteiger partial charge in [-0.25, -0.2) is 4.79 Å². The first-order valence-electron chi connectivity index (χ1n) is 10.2. The van der Waals surface area contributed by atoms with Crippen molar-refractivity contribution >= 4 is 17.4 Å². The van der Waals surface area contributed by atoms with Crippen LogP contribution in [0.15, 0.2) is 41.8 Å². The molecule has 144 valence electrons. The molecular weight excluding hydrogens is 354 g/mol. The molecule has 2 aliphatic rings. The molecule has 1 aliphatic carbocycles. The van der Waals surface area contributed by atoms with Gasteiger partial charge in [0.1, 0.15) is 0 Å². The highest BCUT2D eigenvalue weighted by molar-refractivity contribution is 7.10. The van der Waals surface area contributed by atoms with E-state index in [0.717, 1.165) is 32.4 Å². The largest absolute Gasteiger partial charge is 0.336 e. The van der Waals surface area contributed by atoms with E-state index in [4.69, 9.17) is 0 Å². The van der Waals surface area contributed by atoms with Gasteiger partial charge in [-0.1, -0.05) is 49.6 Å². The number of thiophene rings is 1. The van der Waals surface area contributed by atoms with Crippen LogP contribution in [0.4, 0.5) is 4.79 Å². The summed E-state index contributed by atoms with van der Waals surface area (Å²) < 4.78 is 0. The van der Waals surface area contributed by atoms with Crippen molar-refractivity contribution in [2.24, 2.45) is 0 Å². The number of urea groups is 1. The summed E-state index contributed by atoms with van der Waals surface area (Å²) in [5, 5.41) is 8.45. The number of amides is 2. The number of fused-ring (bicyclic) bond motifs is 1. The van der Waals surface area contributed by atoms with Gasteiger partial charge in [0.05, 0.1) is 6.04 Å². The fraction of sp³-hybridized carbons (Fsp3) is 0.500. The Morgan fingerprint density at radius 1 is 1.11 bits per heavy atom. The first-order valence-corrected chi connectivity index (χ1v) is 11.1. The summed E-state index contributed by atoms with van der Waals surface area (Å²) in [6.07, 6.45) is 7.07. The summed E-state index contributed by atoms with van der Waals surface area (Å²) in [7, 11) is 0. The minimum absolute atomic E-state index is 0.0131. The van der Waals surface area contributed by atoms with Gasteiger partial charge in [0, 0.05) is 30.6 Å². The second-order valence-electron chi connectivity index (χ2n) is 7.71. The predicted molar refractivity (Wildman–Crippen MR) is 111 cm³/mol.